The van der Waals surface area contributed by atoms with Gasteiger partial charge in [-0.3, -0.25) is 9.59 Å². The summed E-state index contributed by atoms with van der Waals surface area (Å²) < 4.78 is 19.3. The van der Waals surface area contributed by atoms with Gasteiger partial charge >= 0.3 is 5.91 Å². The second-order valence-corrected chi connectivity index (χ2v) is 10.7. The first-order valence-electron chi connectivity index (χ1n) is 11.4. The number of anilines is 1. The van der Waals surface area contributed by atoms with E-state index in [2.05, 4.69) is 63.6 Å². The van der Waals surface area contributed by atoms with Crippen molar-refractivity contribution in [1.29, 1.82) is 0 Å². The minimum absolute atomic E-state index is 0.123. The number of carbonyl (C=O) groups excluding carboxylic acids is 2. The summed E-state index contributed by atoms with van der Waals surface area (Å²) in [4.78, 5) is 24.9. The maximum absolute atomic E-state index is 12.6. The number of carbonyl (C=O) groups is 2. The van der Waals surface area contributed by atoms with Crippen molar-refractivity contribution in [3.63, 3.8) is 0 Å². The molecule has 4 aromatic rings. The molecular weight excluding hydrogens is 686 g/mol. The molecule has 0 unspecified atom stereocenters. The van der Waals surface area contributed by atoms with Gasteiger partial charge in [0.1, 0.15) is 5.58 Å². The normalized spacial score (nSPS) is 11.1. The van der Waals surface area contributed by atoms with Crippen molar-refractivity contribution in [2.45, 2.75) is 13.8 Å². The Morgan fingerprint density at radius 1 is 0.974 bits per heavy atom. The third-order valence-corrected chi connectivity index (χ3v) is 6.92. The van der Waals surface area contributed by atoms with Crippen LogP contribution in [0.3, 0.4) is 0 Å². The molecule has 8 nitrogen and oxygen atoms in total. The molecular formula is C27H22Br3N3O5. The summed E-state index contributed by atoms with van der Waals surface area (Å²) in [5.74, 6) is 0.141. The van der Waals surface area contributed by atoms with Gasteiger partial charge in [0.15, 0.2) is 23.9 Å². The summed E-state index contributed by atoms with van der Waals surface area (Å²) in [7, 11) is 0. The third kappa shape index (κ3) is 7.03. The molecule has 4 rings (SSSR count). The fourth-order valence-corrected chi connectivity index (χ4v) is 5.18. The van der Waals surface area contributed by atoms with Crippen LogP contribution in [0.2, 0.25) is 0 Å². The summed E-state index contributed by atoms with van der Waals surface area (Å²) in [5, 5.41) is 7.61. The largest absolute Gasteiger partial charge is 0.490 e. The van der Waals surface area contributed by atoms with Crippen LogP contribution in [0, 0.1) is 6.92 Å². The van der Waals surface area contributed by atoms with Gasteiger partial charge in [-0.2, -0.15) is 5.10 Å². The number of benzene rings is 3. The lowest BCUT2D eigenvalue weighted by molar-refractivity contribution is -0.118. The molecule has 0 aliphatic carbocycles. The Morgan fingerprint density at radius 3 is 2.45 bits per heavy atom. The zero-order valence-corrected chi connectivity index (χ0v) is 25.1. The number of rotatable bonds is 9. The molecule has 0 saturated heterocycles. The highest BCUT2D eigenvalue weighted by molar-refractivity contribution is 9.11. The molecule has 0 atom stereocenters. The number of hydrogen-bond acceptors (Lipinski definition) is 6. The lowest BCUT2D eigenvalue weighted by Gasteiger charge is -2.14. The Hall–Kier alpha value is -3.15. The van der Waals surface area contributed by atoms with E-state index in [0.29, 0.717) is 39.4 Å². The first kappa shape index (κ1) is 27.9. The number of ether oxygens (including phenoxy) is 2. The predicted octanol–water partition coefficient (Wildman–Crippen LogP) is 7.21. The first-order valence-corrected chi connectivity index (χ1v) is 13.8. The Kier molecular flexibility index (Phi) is 9.24. The number of aryl methyl sites for hydroxylation is 1. The summed E-state index contributed by atoms with van der Waals surface area (Å²) >= 11 is 10.3. The molecule has 0 aliphatic heterocycles. The molecule has 0 aliphatic rings. The van der Waals surface area contributed by atoms with Crippen molar-refractivity contribution in [2.75, 3.05) is 18.5 Å². The molecule has 196 valence electrons. The Labute approximate surface area is 244 Å². The summed E-state index contributed by atoms with van der Waals surface area (Å²) in [5.41, 5.74) is 5.45. The molecule has 2 amide bonds. The topological polar surface area (TPSA) is 102 Å². The Balaban J connectivity index is 1.42. The highest BCUT2D eigenvalue weighted by Gasteiger charge is 2.15. The minimum Gasteiger partial charge on any atom is -0.490 e. The fourth-order valence-electron chi connectivity index (χ4n) is 3.41. The van der Waals surface area contributed by atoms with Crippen LogP contribution in [0.25, 0.3) is 11.0 Å². The third-order valence-electron chi connectivity index (χ3n) is 5.19. The van der Waals surface area contributed by atoms with E-state index in [9.17, 15) is 9.59 Å². The zero-order chi connectivity index (χ0) is 27.2. The Morgan fingerprint density at radius 2 is 1.71 bits per heavy atom. The van der Waals surface area contributed by atoms with Crippen LogP contribution in [-0.2, 0) is 4.79 Å². The van der Waals surface area contributed by atoms with Crippen LogP contribution in [0.15, 0.2) is 77.5 Å². The average molecular weight is 708 g/mol. The van der Waals surface area contributed by atoms with E-state index in [1.54, 1.807) is 18.2 Å². The van der Waals surface area contributed by atoms with E-state index in [-0.39, 0.29) is 18.3 Å². The highest BCUT2D eigenvalue weighted by atomic mass is 79.9. The van der Waals surface area contributed by atoms with Gasteiger partial charge in [-0.1, -0.05) is 33.6 Å². The molecule has 11 heteroatoms. The van der Waals surface area contributed by atoms with E-state index >= 15 is 0 Å². The van der Waals surface area contributed by atoms with Crippen molar-refractivity contribution >= 4 is 82.5 Å². The smallest absolute Gasteiger partial charge is 0.307 e. The van der Waals surface area contributed by atoms with Gasteiger partial charge in [0.25, 0.3) is 5.91 Å². The van der Waals surface area contributed by atoms with Gasteiger partial charge < -0.3 is 19.2 Å². The maximum Gasteiger partial charge on any atom is 0.307 e. The van der Waals surface area contributed by atoms with Crippen LogP contribution in [0.5, 0.6) is 11.5 Å². The lowest BCUT2D eigenvalue weighted by Crippen LogP contribution is -2.20. The molecule has 0 radical (unpaired) electrons. The first-order chi connectivity index (χ1) is 18.2. The second kappa shape index (κ2) is 12.6. The SMILES string of the molecule is CCOc1cc(/C=N\NC(=O)c2cc3cc(Br)cc(Br)c3o2)c(Br)cc1OCC(=O)Nc1ccc(C)cc1. The van der Waals surface area contributed by atoms with Crippen molar-refractivity contribution in [3.8, 4) is 11.5 Å². The molecule has 38 heavy (non-hydrogen) atoms. The quantitative estimate of drug-likeness (QED) is 0.142. The molecule has 0 bridgehead atoms. The molecule has 1 heterocycles. The predicted molar refractivity (Wildman–Crippen MR) is 157 cm³/mol. The Bertz CT molecular complexity index is 1520. The molecule has 0 spiro atoms. The standard InChI is InChI=1S/C27H22Br3N3O5/c1-3-36-22-10-17(13-31-33-27(35)24-9-16-8-18(28)11-21(30)26(16)38-24)20(29)12-23(22)37-14-25(34)32-19-6-4-15(2)5-7-19/h4-13H,3,14H2,1-2H3,(H,32,34)(H,33,35)/b31-13-. The van der Waals surface area contributed by atoms with Gasteiger partial charge in [0.2, 0.25) is 0 Å². The minimum atomic E-state index is -0.499. The molecule has 0 fully saturated rings. The van der Waals surface area contributed by atoms with Crippen molar-refractivity contribution < 1.29 is 23.5 Å². The lowest BCUT2D eigenvalue weighted by atomic mass is 10.2. The second-order valence-electron chi connectivity index (χ2n) is 8.07. The van der Waals surface area contributed by atoms with Gasteiger partial charge in [-0.15, -0.1) is 0 Å². The molecule has 0 saturated carbocycles. The van der Waals surface area contributed by atoms with Crippen LogP contribution in [-0.4, -0.2) is 31.2 Å². The van der Waals surface area contributed by atoms with E-state index in [4.69, 9.17) is 13.9 Å². The van der Waals surface area contributed by atoms with Crippen LogP contribution in [0.1, 0.15) is 28.6 Å². The highest BCUT2D eigenvalue weighted by Crippen LogP contribution is 2.34. The van der Waals surface area contributed by atoms with Gasteiger partial charge in [-0.05, 0) is 88.2 Å². The summed E-state index contributed by atoms with van der Waals surface area (Å²) in [6.45, 7) is 4.00. The number of nitrogens with zero attached hydrogens (tertiary/aromatic N) is 1. The van der Waals surface area contributed by atoms with Crippen molar-refractivity contribution in [3.05, 3.63) is 84.9 Å². The van der Waals surface area contributed by atoms with Crippen molar-refractivity contribution in [1.82, 2.24) is 5.43 Å². The van der Waals surface area contributed by atoms with Gasteiger partial charge in [0.05, 0.1) is 17.3 Å². The van der Waals surface area contributed by atoms with Gasteiger partial charge in [-0.25, -0.2) is 5.43 Å². The zero-order valence-electron chi connectivity index (χ0n) is 20.3. The van der Waals surface area contributed by atoms with E-state index in [1.165, 1.54) is 6.21 Å². The monoisotopic (exact) mass is 705 g/mol. The fraction of sp³-hybridized carbons (Fsp3) is 0.148. The van der Waals surface area contributed by atoms with Gasteiger partial charge in [0, 0.05) is 25.6 Å². The number of furan rings is 1. The summed E-state index contributed by atoms with van der Waals surface area (Å²) in [6.07, 6.45) is 1.47. The summed E-state index contributed by atoms with van der Waals surface area (Å²) in [6, 6.07) is 16.2. The number of hydrazone groups is 1. The van der Waals surface area contributed by atoms with Crippen LogP contribution < -0.4 is 20.2 Å². The number of nitrogens with one attached hydrogen (secondary N) is 2. The molecule has 1 aromatic heterocycles. The number of fused-ring (bicyclic) bond motifs is 1. The van der Waals surface area contributed by atoms with E-state index in [1.807, 2.05) is 50.2 Å². The number of hydrogen-bond donors (Lipinski definition) is 2. The molecule has 3 aromatic carbocycles. The van der Waals surface area contributed by atoms with E-state index < -0.39 is 5.91 Å². The van der Waals surface area contributed by atoms with E-state index in [0.717, 1.165) is 19.9 Å². The van der Waals surface area contributed by atoms with Crippen molar-refractivity contribution in [2.24, 2.45) is 5.10 Å². The average Bonchev–Trinajstić information content (AvgIpc) is 3.31. The van der Waals surface area contributed by atoms with Crippen LogP contribution >= 0.6 is 47.8 Å². The maximum atomic E-state index is 12.6. The van der Waals surface area contributed by atoms with Crippen LogP contribution in [0.4, 0.5) is 5.69 Å². The molecule has 2 N–H and O–H groups in total. The number of amides is 2. The number of halogens is 3.